The normalized spacial score (nSPS) is 39.9. The van der Waals surface area contributed by atoms with Crippen molar-refractivity contribution in [2.24, 2.45) is 11.3 Å². The van der Waals surface area contributed by atoms with Crippen molar-refractivity contribution in [3.63, 3.8) is 0 Å². The molecule has 2 bridgehead atoms. The zero-order valence-corrected chi connectivity index (χ0v) is 19.4. The standard InChI is InChI=1S/C28H33N3O/c1-26-11-10-21-15-20-5-6-22(31(2)3)16-27(20)12-13-28(21,32-27)25(26)9-7-23(26)18-4-8-24-19(14-18)17-29-30-24/h4,7-8,10,14-15,17,22,25H,5-6,9,11-13,16H2,1-3H3,(H,29,30). The molecule has 4 nitrogen and oxygen atoms in total. The molecule has 166 valence electrons. The maximum absolute atomic E-state index is 7.37. The largest absolute Gasteiger partial charge is 0.359 e. The summed E-state index contributed by atoms with van der Waals surface area (Å²) in [7, 11) is 4.47. The summed E-state index contributed by atoms with van der Waals surface area (Å²) in [4.78, 5) is 2.41. The van der Waals surface area contributed by atoms with Crippen molar-refractivity contribution in [1.29, 1.82) is 0 Å². The van der Waals surface area contributed by atoms with Gasteiger partial charge in [-0.2, -0.15) is 5.10 Å². The molecule has 3 aliphatic carbocycles. The van der Waals surface area contributed by atoms with Crippen LogP contribution in [0.1, 0.15) is 57.4 Å². The second-order valence-electron chi connectivity index (χ2n) is 11.4. The Balaban J connectivity index is 1.29. The van der Waals surface area contributed by atoms with Crippen LogP contribution >= 0.6 is 0 Å². The second kappa shape index (κ2) is 6.24. The highest BCUT2D eigenvalue weighted by Gasteiger charge is 2.65. The van der Waals surface area contributed by atoms with Crippen LogP contribution in [0.25, 0.3) is 16.5 Å². The third-order valence-corrected chi connectivity index (χ3v) is 9.73. The first-order valence-corrected chi connectivity index (χ1v) is 12.4. The molecule has 1 aromatic carbocycles. The summed E-state index contributed by atoms with van der Waals surface area (Å²) >= 11 is 0. The quantitative estimate of drug-likeness (QED) is 0.674. The van der Waals surface area contributed by atoms with E-state index in [1.807, 2.05) is 6.20 Å². The van der Waals surface area contributed by atoms with Gasteiger partial charge in [0, 0.05) is 22.8 Å². The molecule has 5 aliphatic rings. The first kappa shape index (κ1) is 19.3. The van der Waals surface area contributed by atoms with Crippen LogP contribution in [0.2, 0.25) is 0 Å². The lowest BCUT2D eigenvalue weighted by atomic mass is 9.58. The third-order valence-electron chi connectivity index (χ3n) is 9.73. The Kier molecular flexibility index (Phi) is 3.76. The van der Waals surface area contributed by atoms with Gasteiger partial charge >= 0.3 is 0 Å². The summed E-state index contributed by atoms with van der Waals surface area (Å²) in [5.74, 6) is 0.516. The molecule has 2 aromatic rings. The zero-order chi connectivity index (χ0) is 21.7. The maximum Gasteiger partial charge on any atom is 0.0980 e. The fourth-order valence-electron chi connectivity index (χ4n) is 7.96. The first-order valence-electron chi connectivity index (χ1n) is 12.4. The summed E-state index contributed by atoms with van der Waals surface area (Å²) < 4.78 is 7.37. The van der Waals surface area contributed by atoms with Gasteiger partial charge in [-0.25, -0.2) is 0 Å². The van der Waals surface area contributed by atoms with Crippen molar-refractivity contribution in [2.75, 3.05) is 14.1 Å². The highest BCUT2D eigenvalue weighted by atomic mass is 16.5. The molecule has 5 unspecified atom stereocenters. The van der Waals surface area contributed by atoms with E-state index in [9.17, 15) is 0 Å². The molecule has 0 amide bonds. The average molecular weight is 428 g/mol. The molecule has 5 atom stereocenters. The molecule has 1 saturated heterocycles. The van der Waals surface area contributed by atoms with Gasteiger partial charge in [-0.3, -0.25) is 5.10 Å². The van der Waals surface area contributed by atoms with E-state index in [-0.39, 0.29) is 16.6 Å². The number of aromatic amines is 1. The minimum atomic E-state index is -0.108. The van der Waals surface area contributed by atoms with Gasteiger partial charge in [0.2, 0.25) is 0 Å². The molecule has 1 aromatic heterocycles. The lowest BCUT2D eigenvalue weighted by Crippen LogP contribution is -2.54. The number of hydrogen-bond donors (Lipinski definition) is 1. The second-order valence-corrected chi connectivity index (χ2v) is 11.4. The number of fused-ring (bicyclic) bond motifs is 2. The number of rotatable bonds is 2. The Hall–Kier alpha value is -2.17. The van der Waals surface area contributed by atoms with Crippen LogP contribution in [-0.2, 0) is 4.74 Å². The van der Waals surface area contributed by atoms with E-state index in [4.69, 9.17) is 4.74 Å². The van der Waals surface area contributed by atoms with E-state index in [1.165, 1.54) is 47.8 Å². The van der Waals surface area contributed by atoms with Crippen LogP contribution in [0.5, 0.6) is 0 Å². The van der Waals surface area contributed by atoms with Crippen LogP contribution in [0.15, 0.2) is 53.8 Å². The van der Waals surface area contributed by atoms with Gasteiger partial charge in [0.25, 0.3) is 0 Å². The number of H-pyrrole nitrogens is 1. The van der Waals surface area contributed by atoms with Gasteiger partial charge in [-0.15, -0.1) is 0 Å². The van der Waals surface area contributed by atoms with E-state index < -0.39 is 0 Å². The minimum Gasteiger partial charge on any atom is -0.359 e. The van der Waals surface area contributed by atoms with Gasteiger partial charge in [-0.1, -0.05) is 31.2 Å². The summed E-state index contributed by atoms with van der Waals surface area (Å²) in [6.07, 6.45) is 17.7. The van der Waals surface area contributed by atoms with Crippen molar-refractivity contribution in [1.82, 2.24) is 15.1 Å². The lowest BCUT2D eigenvalue weighted by Gasteiger charge is -2.54. The van der Waals surface area contributed by atoms with E-state index in [0.29, 0.717) is 12.0 Å². The molecular formula is C28H33N3O. The molecule has 3 heterocycles. The highest BCUT2D eigenvalue weighted by molar-refractivity contribution is 5.85. The Morgan fingerprint density at radius 3 is 2.97 bits per heavy atom. The Morgan fingerprint density at radius 1 is 1.19 bits per heavy atom. The minimum absolute atomic E-state index is 0.0266. The van der Waals surface area contributed by atoms with E-state index in [0.717, 1.165) is 24.8 Å². The highest BCUT2D eigenvalue weighted by Crippen LogP contribution is 2.67. The summed E-state index contributed by atoms with van der Waals surface area (Å²) in [6, 6.07) is 7.39. The van der Waals surface area contributed by atoms with Gasteiger partial charge in [0.15, 0.2) is 0 Å². The summed E-state index contributed by atoms with van der Waals surface area (Å²) in [5.41, 5.74) is 7.02. The molecule has 2 spiro atoms. The van der Waals surface area contributed by atoms with Gasteiger partial charge in [0.1, 0.15) is 0 Å². The first-order chi connectivity index (χ1) is 15.4. The maximum atomic E-state index is 7.37. The molecule has 7 rings (SSSR count). The molecule has 1 N–H and O–H groups in total. The topological polar surface area (TPSA) is 41.2 Å². The Morgan fingerprint density at radius 2 is 2.09 bits per heavy atom. The van der Waals surface area contributed by atoms with Crippen LogP contribution in [0.4, 0.5) is 0 Å². The van der Waals surface area contributed by atoms with Crippen molar-refractivity contribution < 1.29 is 4.74 Å². The monoisotopic (exact) mass is 427 g/mol. The summed E-state index contributed by atoms with van der Waals surface area (Å²) in [6.45, 7) is 2.50. The van der Waals surface area contributed by atoms with E-state index >= 15 is 0 Å². The Labute approximate surface area is 190 Å². The zero-order valence-electron chi connectivity index (χ0n) is 19.4. The molecule has 2 fully saturated rings. The Bertz CT molecular complexity index is 1220. The van der Waals surface area contributed by atoms with E-state index in [1.54, 1.807) is 5.57 Å². The number of hydrogen-bond acceptors (Lipinski definition) is 3. The molecule has 4 heteroatoms. The fourth-order valence-corrected chi connectivity index (χ4v) is 7.96. The van der Waals surface area contributed by atoms with Crippen molar-refractivity contribution in [3.05, 3.63) is 59.3 Å². The van der Waals surface area contributed by atoms with Gasteiger partial charge < -0.3 is 9.64 Å². The predicted molar refractivity (Wildman–Crippen MR) is 128 cm³/mol. The number of ether oxygens (including phenoxy) is 1. The molecule has 0 radical (unpaired) electrons. The lowest BCUT2D eigenvalue weighted by molar-refractivity contribution is -0.134. The van der Waals surface area contributed by atoms with Crippen molar-refractivity contribution in [2.45, 2.75) is 69.1 Å². The SMILES string of the molecule is CN(C)C1CCC2=CC3=CCC4(C)C(c5ccc6[nH]ncc6c5)=CCC4C34CCC2(C1)O4. The van der Waals surface area contributed by atoms with Crippen molar-refractivity contribution >= 4 is 16.5 Å². The molecule has 32 heavy (non-hydrogen) atoms. The van der Waals surface area contributed by atoms with Crippen LogP contribution < -0.4 is 0 Å². The van der Waals surface area contributed by atoms with Gasteiger partial charge in [0.05, 0.1) is 22.9 Å². The predicted octanol–water partition coefficient (Wildman–Crippen LogP) is 5.64. The number of nitrogens with one attached hydrogen (secondary N) is 1. The third kappa shape index (κ3) is 2.32. The summed E-state index contributed by atoms with van der Waals surface area (Å²) in [5, 5.41) is 8.51. The average Bonchev–Trinajstić information content (AvgIpc) is 3.47. The van der Waals surface area contributed by atoms with Crippen LogP contribution in [0.3, 0.4) is 0 Å². The number of aromatic nitrogens is 2. The van der Waals surface area contributed by atoms with Crippen molar-refractivity contribution in [3.8, 4) is 0 Å². The molecule has 2 aliphatic heterocycles. The number of nitrogens with zero attached hydrogens (tertiary/aromatic N) is 2. The van der Waals surface area contributed by atoms with E-state index in [2.05, 4.69) is 72.5 Å². The smallest absolute Gasteiger partial charge is 0.0980 e. The van der Waals surface area contributed by atoms with Crippen LogP contribution in [0, 0.1) is 11.3 Å². The van der Waals surface area contributed by atoms with Crippen LogP contribution in [-0.4, -0.2) is 46.4 Å². The molecular weight excluding hydrogens is 394 g/mol. The fraction of sp³-hybridized carbons (Fsp3) is 0.536. The molecule has 1 saturated carbocycles. The van der Waals surface area contributed by atoms with Gasteiger partial charge in [-0.05, 0) is 93.5 Å². The number of benzene rings is 1. The number of allylic oxidation sites excluding steroid dienone is 3.